The Hall–Kier alpha value is -0.660. The molecule has 7 heteroatoms. The van der Waals surface area contributed by atoms with Crippen molar-refractivity contribution >= 4 is 15.9 Å². The number of carbonyl (C=O) groups is 1. The lowest BCUT2D eigenvalue weighted by atomic mass is 9.95. The summed E-state index contributed by atoms with van der Waals surface area (Å²) in [4.78, 5) is 14.5. The molecule has 0 saturated carbocycles. The number of amides is 1. The number of rotatable bonds is 7. The molecule has 0 aliphatic carbocycles. The Kier molecular flexibility index (Phi) is 5.82. The zero-order chi connectivity index (χ0) is 17.2. The maximum Gasteiger partial charge on any atom is 0.225 e. The number of nitrogens with one attached hydrogen (secondary N) is 1. The van der Waals surface area contributed by atoms with Crippen LogP contribution in [0.4, 0.5) is 0 Å². The van der Waals surface area contributed by atoms with Crippen molar-refractivity contribution in [2.24, 2.45) is 5.92 Å². The second kappa shape index (κ2) is 7.70. The Bertz CT molecular complexity index is 545. The second-order valence-electron chi connectivity index (χ2n) is 7.47. The molecule has 0 bridgehead atoms. The Morgan fingerprint density at radius 2 is 1.92 bits per heavy atom. The zero-order valence-electron chi connectivity index (χ0n) is 14.7. The number of piperidine rings is 1. The van der Waals surface area contributed by atoms with E-state index in [0.29, 0.717) is 13.0 Å². The molecule has 3 rings (SSSR count). The predicted octanol–water partition coefficient (Wildman–Crippen LogP) is 1.18. The lowest BCUT2D eigenvalue weighted by molar-refractivity contribution is -0.123. The first-order valence-corrected chi connectivity index (χ1v) is 11.2. The van der Waals surface area contributed by atoms with Crippen LogP contribution in [0.25, 0.3) is 0 Å². The lowest BCUT2D eigenvalue weighted by Crippen LogP contribution is -2.43. The van der Waals surface area contributed by atoms with Gasteiger partial charge in [0, 0.05) is 12.6 Å². The highest BCUT2D eigenvalue weighted by atomic mass is 32.2. The normalized spacial score (nSPS) is 32.0. The molecule has 3 fully saturated rings. The van der Waals surface area contributed by atoms with Gasteiger partial charge in [-0.05, 0) is 51.7 Å². The van der Waals surface area contributed by atoms with Gasteiger partial charge in [-0.3, -0.25) is 4.79 Å². The highest BCUT2D eigenvalue weighted by molar-refractivity contribution is 7.89. The molecule has 3 aliphatic heterocycles. The molecule has 0 radical (unpaired) electrons. The quantitative estimate of drug-likeness (QED) is 0.743. The number of hydrogen-bond donors (Lipinski definition) is 1. The van der Waals surface area contributed by atoms with Gasteiger partial charge in [-0.2, -0.15) is 4.31 Å². The van der Waals surface area contributed by atoms with Crippen molar-refractivity contribution in [3.8, 4) is 0 Å². The van der Waals surface area contributed by atoms with Gasteiger partial charge >= 0.3 is 0 Å². The maximum absolute atomic E-state index is 12.8. The van der Waals surface area contributed by atoms with Crippen molar-refractivity contribution in [3.05, 3.63) is 0 Å². The van der Waals surface area contributed by atoms with E-state index in [4.69, 9.17) is 0 Å². The molecule has 3 saturated heterocycles. The molecule has 0 spiro atoms. The predicted molar refractivity (Wildman–Crippen MR) is 94.1 cm³/mol. The van der Waals surface area contributed by atoms with Crippen LogP contribution < -0.4 is 5.32 Å². The first-order chi connectivity index (χ1) is 11.5. The number of likely N-dealkylation sites (tertiary alicyclic amines) is 1. The summed E-state index contributed by atoms with van der Waals surface area (Å²) in [6.07, 6.45) is 6.88. The molecule has 3 heterocycles. The van der Waals surface area contributed by atoms with Crippen LogP contribution in [0.3, 0.4) is 0 Å². The molecule has 138 valence electrons. The van der Waals surface area contributed by atoms with E-state index in [1.54, 1.807) is 4.31 Å². The SMILES string of the molecule is CCC[C@H]1C(=O)N[C@H]2CCN(S(=O)(=O)CCCN3CCCCC3)[C@@H]21. The van der Waals surface area contributed by atoms with Gasteiger partial charge in [0.05, 0.1) is 17.7 Å². The van der Waals surface area contributed by atoms with Gasteiger partial charge in [-0.15, -0.1) is 0 Å². The van der Waals surface area contributed by atoms with E-state index in [-0.39, 0.29) is 29.7 Å². The van der Waals surface area contributed by atoms with Crippen molar-refractivity contribution in [1.82, 2.24) is 14.5 Å². The zero-order valence-corrected chi connectivity index (χ0v) is 15.6. The minimum atomic E-state index is -3.28. The van der Waals surface area contributed by atoms with Gasteiger partial charge in [0.2, 0.25) is 15.9 Å². The molecule has 0 aromatic rings. The summed E-state index contributed by atoms with van der Waals surface area (Å²) in [5.41, 5.74) is 0. The molecule has 0 aromatic carbocycles. The van der Waals surface area contributed by atoms with E-state index < -0.39 is 10.0 Å². The van der Waals surface area contributed by atoms with Gasteiger partial charge in [-0.1, -0.05) is 19.8 Å². The van der Waals surface area contributed by atoms with Crippen molar-refractivity contribution in [2.45, 2.75) is 64.0 Å². The molecule has 24 heavy (non-hydrogen) atoms. The van der Waals surface area contributed by atoms with Crippen LogP contribution in [0.2, 0.25) is 0 Å². The van der Waals surface area contributed by atoms with E-state index >= 15 is 0 Å². The Labute approximate surface area is 146 Å². The molecule has 1 amide bonds. The topological polar surface area (TPSA) is 69.7 Å². The minimum Gasteiger partial charge on any atom is -0.351 e. The van der Waals surface area contributed by atoms with Crippen LogP contribution in [0.5, 0.6) is 0 Å². The fourth-order valence-electron chi connectivity index (χ4n) is 4.58. The smallest absolute Gasteiger partial charge is 0.225 e. The first-order valence-electron chi connectivity index (χ1n) is 9.55. The highest BCUT2D eigenvalue weighted by Crippen LogP contribution is 2.34. The summed E-state index contributed by atoms with van der Waals surface area (Å²) in [5, 5.41) is 3.01. The Morgan fingerprint density at radius 3 is 2.62 bits per heavy atom. The number of hydrogen-bond acceptors (Lipinski definition) is 4. The first kappa shape index (κ1) is 18.1. The summed E-state index contributed by atoms with van der Waals surface area (Å²) in [5.74, 6) is 0.0826. The van der Waals surface area contributed by atoms with Crippen molar-refractivity contribution < 1.29 is 13.2 Å². The van der Waals surface area contributed by atoms with Crippen LogP contribution >= 0.6 is 0 Å². The second-order valence-corrected chi connectivity index (χ2v) is 9.51. The van der Waals surface area contributed by atoms with E-state index in [1.165, 1.54) is 19.3 Å². The summed E-state index contributed by atoms with van der Waals surface area (Å²) in [6.45, 7) is 5.68. The van der Waals surface area contributed by atoms with E-state index in [0.717, 1.165) is 38.9 Å². The van der Waals surface area contributed by atoms with Crippen LogP contribution in [-0.2, 0) is 14.8 Å². The summed E-state index contributed by atoms with van der Waals surface area (Å²) in [6, 6.07) is -0.136. The van der Waals surface area contributed by atoms with Crippen molar-refractivity contribution in [2.75, 3.05) is 31.9 Å². The van der Waals surface area contributed by atoms with Crippen LogP contribution in [0.15, 0.2) is 0 Å². The maximum atomic E-state index is 12.8. The van der Waals surface area contributed by atoms with Crippen molar-refractivity contribution in [1.29, 1.82) is 0 Å². The summed E-state index contributed by atoms with van der Waals surface area (Å²) >= 11 is 0. The molecule has 3 aliphatic rings. The molecule has 1 N–H and O–H groups in total. The molecule has 6 nitrogen and oxygen atoms in total. The molecular formula is C17H31N3O3S. The third-order valence-electron chi connectivity index (χ3n) is 5.76. The third-order valence-corrected chi connectivity index (χ3v) is 7.71. The molecule has 3 atom stereocenters. The van der Waals surface area contributed by atoms with Crippen LogP contribution in [-0.4, -0.2) is 67.5 Å². The van der Waals surface area contributed by atoms with Gasteiger partial charge in [-0.25, -0.2) is 8.42 Å². The fourth-order valence-corrected chi connectivity index (χ4v) is 6.36. The largest absolute Gasteiger partial charge is 0.351 e. The van der Waals surface area contributed by atoms with E-state index in [2.05, 4.69) is 10.2 Å². The van der Waals surface area contributed by atoms with Gasteiger partial charge < -0.3 is 10.2 Å². The van der Waals surface area contributed by atoms with Gasteiger partial charge in [0.25, 0.3) is 0 Å². The highest BCUT2D eigenvalue weighted by Gasteiger charge is 2.51. The monoisotopic (exact) mass is 357 g/mol. The van der Waals surface area contributed by atoms with Crippen molar-refractivity contribution in [3.63, 3.8) is 0 Å². The molecular weight excluding hydrogens is 326 g/mol. The lowest BCUT2D eigenvalue weighted by Gasteiger charge is -2.28. The number of nitrogens with zero attached hydrogens (tertiary/aromatic N) is 2. The van der Waals surface area contributed by atoms with E-state index in [1.807, 2.05) is 6.92 Å². The van der Waals surface area contributed by atoms with Gasteiger partial charge in [0.1, 0.15) is 0 Å². The third kappa shape index (κ3) is 3.78. The number of sulfonamides is 1. The van der Waals surface area contributed by atoms with Crippen LogP contribution in [0, 0.1) is 5.92 Å². The van der Waals surface area contributed by atoms with Gasteiger partial charge in [0.15, 0.2) is 0 Å². The summed E-state index contributed by atoms with van der Waals surface area (Å²) in [7, 11) is -3.28. The minimum absolute atomic E-state index is 0.0194. The molecule has 0 unspecified atom stereocenters. The fraction of sp³-hybridized carbons (Fsp3) is 0.941. The number of fused-ring (bicyclic) bond motifs is 1. The standard InChI is InChI=1S/C17H31N3O3S/c1-2-7-14-16-15(18-17(14)21)8-12-20(16)24(22,23)13-6-11-19-9-4-3-5-10-19/h14-16H,2-13H2,1H3,(H,18,21)/t14-,15+,16-/m1/s1. The Morgan fingerprint density at radius 1 is 1.17 bits per heavy atom. The molecule has 0 aromatic heterocycles. The Balaban J connectivity index is 1.58. The number of carbonyl (C=O) groups excluding carboxylic acids is 1. The van der Waals surface area contributed by atoms with Crippen LogP contribution in [0.1, 0.15) is 51.9 Å². The average Bonchev–Trinajstić information content (AvgIpc) is 3.09. The van der Waals surface area contributed by atoms with E-state index in [9.17, 15) is 13.2 Å². The summed E-state index contributed by atoms with van der Waals surface area (Å²) < 4.78 is 27.3. The average molecular weight is 358 g/mol.